The fourth-order valence-electron chi connectivity index (χ4n) is 3.76. The Morgan fingerprint density at radius 2 is 1.97 bits per heavy atom. The number of imidazole rings is 1. The first-order valence-corrected chi connectivity index (χ1v) is 13.4. The molecule has 8 nitrogen and oxygen atoms in total. The van der Waals surface area contributed by atoms with Crippen molar-refractivity contribution < 1.29 is 17.9 Å². The summed E-state index contributed by atoms with van der Waals surface area (Å²) in [7, 11) is -2.18. The number of thioether (sulfide) groups is 1. The van der Waals surface area contributed by atoms with E-state index in [2.05, 4.69) is 11.9 Å². The van der Waals surface area contributed by atoms with Crippen molar-refractivity contribution in [1.82, 2.24) is 14.5 Å². The molecule has 0 unspecified atom stereocenters. The largest absolute Gasteiger partial charge is 0.497 e. The zero-order chi connectivity index (χ0) is 23.6. The molecule has 176 valence electrons. The molecule has 1 aliphatic carbocycles. The van der Waals surface area contributed by atoms with Crippen molar-refractivity contribution in [3.8, 4) is 5.75 Å². The minimum atomic E-state index is -3.81. The van der Waals surface area contributed by atoms with Crippen LogP contribution in [-0.2, 0) is 27.9 Å². The van der Waals surface area contributed by atoms with Gasteiger partial charge in [-0.15, -0.1) is 0 Å². The average molecular weight is 489 g/mol. The summed E-state index contributed by atoms with van der Waals surface area (Å²) in [6, 6.07) is 12.8. The fraction of sp³-hybridized carbons (Fsp3) is 0.391. The maximum atomic E-state index is 13.1. The topological polar surface area (TPSA) is 108 Å². The van der Waals surface area contributed by atoms with Crippen LogP contribution in [0.4, 0.5) is 0 Å². The highest BCUT2D eigenvalue weighted by Crippen LogP contribution is 2.31. The molecule has 0 aliphatic heterocycles. The van der Waals surface area contributed by atoms with Crippen molar-refractivity contribution in [2.75, 3.05) is 12.9 Å². The second-order valence-corrected chi connectivity index (χ2v) is 10.6. The number of hydrogen-bond acceptors (Lipinski definition) is 6. The minimum absolute atomic E-state index is 0.0307. The van der Waals surface area contributed by atoms with Gasteiger partial charge in [-0.25, -0.2) is 18.5 Å². The van der Waals surface area contributed by atoms with Crippen LogP contribution in [0.5, 0.6) is 5.75 Å². The van der Waals surface area contributed by atoms with E-state index in [1.807, 2.05) is 33.7 Å². The highest BCUT2D eigenvalue weighted by atomic mass is 32.2. The molecule has 1 heterocycles. The Morgan fingerprint density at radius 3 is 2.58 bits per heavy atom. The molecule has 1 aromatic heterocycles. The Labute approximate surface area is 198 Å². The number of benzene rings is 2. The number of amides is 1. The van der Waals surface area contributed by atoms with Gasteiger partial charge in [-0.3, -0.25) is 4.79 Å². The van der Waals surface area contributed by atoms with Gasteiger partial charge in [0, 0.05) is 19.1 Å². The summed E-state index contributed by atoms with van der Waals surface area (Å²) >= 11 is 1.38. The van der Waals surface area contributed by atoms with Crippen molar-refractivity contribution in [3.05, 3.63) is 48.0 Å². The van der Waals surface area contributed by atoms with E-state index < -0.39 is 10.0 Å². The highest BCUT2D eigenvalue weighted by Gasteiger charge is 2.32. The van der Waals surface area contributed by atoms with Crippen molar-refractivity contribution in [1.29, 1.82) is 0 Å². The number of methoxy groups -OCH3 is 1. The second kappa shape index (κ2) is 9.74. The number of rotatable bonds is 10. The van der Waals surface area contributed by atoms with E-state index in [0.717, 1.165) is 42.6 Å². The van der Waals surface area contributed by atoms with E-state index in [9.17, 15) is 13.2 Å². The first-order valence-electron chi connectivity index (χ1n) is 10.9. The number of fused-ring (bicyclic) bond motifs is 1. The van der Waals surface area contributed by atoms with Gasteiger partial charge >= 0.3 is 0 Å². The first-order chi connectivity index (χ1) is 15.8. The number of hydrogen-bond donors (Lipinski definition) is 1. The number of nitrogens with zero attached hydrogens (tertiary/aromatic N) is 3. The molecule has 10 heteroatoms. The van der Waals surface area contributed by atoms with Gasteiger partial charge in [0.25, 0.3) is 0 Å². The third kappa shape index (κ3) is 5.51. The van der Waals surface area contributed by atoms with Crippen LogP contribution in [0, 0.1) is 0 Å². The smallest absolute Gasteiger partial charge is 0.238 e. The molecule has 0 bridgehead atoms. The molecular weight excluding hydrogens is 460 g/mol. The summed E-state index contributed by atoms with van der Waals surface area (Å²) in [4.78, 5) is 19.7. The Balaban J connectivity index is 1.51. The van der Waals surface area contributed by atoms with Gasteiger partial charge in [0.1, 0.15) is 5.75 Å². The molecule has 1 amide bonds. The van der Waals surface area contributed by atoms with Gasteiger partial charge in [-0.1, -0.05) is 30.8 Å². The Kier molecular flexibility index (Phi) is 6.96. The maximum Gasteiger partial charge on any atom is 0.238 e. The summed E-state index contributed by atoms with van der Waals surface area (Å²) in [5.41, 5.74) is 2.45. The quantitative estimate of drug-likeness (QED) is 0.438. The van der Waals surface area contributed by atoms with Gasteiger partial charge in [0.2, 0.25) is 15.9 Å². The molecule has 0 saturated heterocycles. The molecule has 33 heavy (non-hydrogen) atoms. The van der Waals surface area contributed by atoms with Gasteiger partial charge in [0.05, 0.1) is 28.8 Å². The summed E-state index contributed by atoms with van der Waals surface area (Å²) in [6.07, 6.45) is 2.93. The molecule has 3 aromatic rings. The lowest BCUT2D eigenvalue weighted by Crippen LogP contribution is -2.34. The Morgan fingerprint density at radius 1 is 1.24 bits per heavy atom. The molecule has 0 atom stereocenters. The second-order valence-electron chi connectivity index (χ2n) is 8.13. The lowest BCUT2D eigenvalue weighted by atomic mass is 10.2. The van der Waals surface area contributed by atoms with Crippen molar-refractivity contribution in [2.45, 2.75) is 55.4 Å². The summed E-state index contributed by atoms with van der Waals surface area (Å²) in [6.45, 7) is 3.35. The lowest BCUT2D eigenvalue weighted by molar-refractivity contribution is -0.129. The molecule has 2 aromatic carbocycles. The molecule has 2 N–H and O–H groups in total. The summed E-state index contributed by atoms with van der Waals surface area (Å²) < 4.78 is 30.7. The minimum Gasteiger partial charge on any atom is -0.497 e. The van der Waals surface area contributed by atoms with Crippen LogP contribution >= 0.6 is 11.8 Å². The number of primary sulfonamides is 1. The standard InChI is InChI=1S/C23H28N4O4S2/c1-3-12-26-21-11-10-19(33(24,29)30)13-20(21)25-23(26)32-15-22(28)27(17-6-7-17)14-16-4-8-18(31-2)9-5-16/h4-5,8-11,13,17H,3,6-7,12,14-15H2,1-2H3,(H2,24,29,30). The van der Waals surface area contributed by atoms with E-state index in [1.54, 1.807) is 13.2 Å². The number of carbonyl (C=O) groups excluding carboxylic acids is 1. The molecule has 1 saturated carbocycles. The predicted molar refractivity (Wildman–Crippen MR) is 129 cm³/mol. The van der Waals surface area contributed by atoms with Crippen molar-refractivity contribution in [2.24, 2.45) is 5.14 Å². The summed E-state index contributed by atoms with van der Waals surface area (Å²) in [5, 5.41) is 5.97. The van der Waals surface area contributed by atoms with E-state index >= 15 is 0 Å². The van der Waals surface area contributed by atoms with Gasteiger partial charge in [-0.05, 0) is 55.2 Å². The highest BCUT2D eigenvalue weighted by molar-refractivity contribution is 7.99. The molecule has 1 aliphatic rings. The van der Waals surface area contributed by atoms with Crippen LogP contribution < -0.4 is 9.88 Å². The number of nitrogens with two attached hydrogens (primary N) is 1. The fourth-order valence-corrected chi connectivity index (χ4v) is 5.22. The molecule has 1 fully saturated rings. The van der Waals surface area contributed by atoms with Gasteiger partial charge < -0.3 is 14.2 Å². The van der Waals surface area contributed by atoms with Crippen LogP contribution in [0.1, 0.15) is 31.7 Å². The van der Waals surface area contributed by atoms with E-state index in [4.69, 9.17) is 9.88 Å². The van der Waals surface area contributed by atoms with Crippen LogP contribution in [-0.4, -0.2) is 47.7 Å². The van der Waals surface area contributed by atoms with Crippen LogP contribution in [0.3, 0.4) is 0 Å². The number of sulfonamides is 1. The predicted octanol–water partition coefficient (Wildman–Crippen LogP) is 3.39. The van der Waals surface area contributed by atoms with E-state index in [1.165, 1.54) is 23.9 Å². The lowest BCUT2D eigenvalue weighted by Gasteiger charge is -2.22. The molecule has 4 rings (SSSR count). The van der Waals surface area contributed by atoms with Gasteiger partial charge in [0.15, 0.2) is 5.16 Å². The van der Waals surface area contributed by atoms with Crippen molar-refractivity contribution >= 4 is 38.7 Å². The van der Waals surface area contributed by atoms with E-state index in [0.29, 0.717) is 17.2 Å². The third-order valence-electron chi connectivity index (χ3n) is 5.61. The summed E-state index contributed by atoms with van der Waals surface area (Å²) in [5.74, 6) is 1.12. The number of ether oxygens (including phenoxy) is 1. The third-order valence-corrected chi connectivity index (χ3v) is 7.48. The normalized spacial score (nSPS) is 13.9. The van der Waals surface area contributed by atoms with Crippen LogP contribution in [0.25, 0.3) is 11.0 Å². The Hall–Kier alpha value is -2.56. The SMILES string of the molecule is CCCn1c(SCC(=O)N(Cc2ccc(OC)cc2)C2CC2)nc2cc(S(N)(=O)=O)ccc21. The van der Waals surface area contributed by atoms with Crippen LogP contribution in [0.2, 0.25) is 0 Å². The van der Waals surface area contributed by atoms with Crippen molar-refractivity contribution in [3.63, 3.8) is 0 Å². The van der Waals surface area contributed by atoms with E-state index in [-0.39, 0.29) is 22.6 Å². The number of aryl methyl sites for hydroxylation is 1. The first kappa shape index (κ1) is 23.6. The monoisotopic (exact) mass is 488 g/mol. The average Bonchev–Trinajstić information content (AvgIpc) is 3.58. The van der Waals surface area contributed by atoms with Crippen LogP contribution in [0.15, 0.2) is 52.5 Å². The number of carbonyl (C=O) groups is 1. The molecule has 0 radical (unpaired) electrons. The molecular formula is C23H28N4O4S2. The van der Waals surface area contributed by atoms with Gasteiger partial charge in [-0.2, -0.15) is 0 Å². The Bertz CT molecular complexity index is 1250. The maximum absolute atomic E-state index is 13.1. The zero-order valence-electron chi connectivity index (χ0n) is 18.7. The zero-order valence-corrected chi connectivity index (χ0v) is 20.4. The number of aromatic nitrogens is 2. The molecule has 0 spiro atoms.